The molecule has 1 aliphatic rings. The predicted molar refractivity (Wildman–Crippen MR) is 94.9 cm³/mol. The van der Waals surface area contributed by atoms with Crippen LogP contribution in [0.15, 0.2) is 36.8 Å². The molecule has 1 atom stereocenters. The molecule has 1 fully saturated rings. The molecule has 0 aromatic carbocycles. The summed E-state index contributed by atoms with van der Waals surface area (Å²) in [5.41, 5.74) is 8.93. The highest BCUT2D eigenvalue weighted by Gasteiger charge is 2.20. The smallest absolute Gasteiger partial charge is 0.229 e. The van der Waals surface area contributed by atoms with Crippen LogP contribution in [-0.4, -0.2) is 38.7 Å². The van der Waals surface area contributed by atoms with E-state index in [4.69, 9.17) is 17.3 Å². The minimum Gasteiger partial charge on any atom is -0.368 e. The fourth-order valence-corrected chi connectivity index (χ4v) is 3.19. The van der Waals surface area contributed by atoms with E-state index in [1.54, 1.807) is 29.2 Å². The molecule has 7 nitrogen and oxygen atoms in total. The summed E-state index contributed by atoms with van der Waals surface area (Å²) in [4.78, 5) is 10.9. The molecule has 3 aromatic heterocycles. The standard InChI is InChI=1S/C16H18ClN7/c17-15-4-3-12-8-20-16(24(12)22-15)21-13-9-19-6-5-14(13)23-7-1-2-11(18)10-23/h3-6,8-9,11H,1-2,7,10,18H2,(H,20,21). The number of hydrogen-bond donors (Lipinski definition) is 2. The number of hydrogen-bond acceptors (Lipinski definition) is 6. The lowest BCUT2D eigenvalue weighted by Gasteiger charge is -2.33. The third-order valence-electron chi connectivity index (χ3n) is 4.19. The molecule has 3 aromatic rings. The lowest BCUT2D eigenvalue weighted by Crippen LogP contribution is -2.43. The van der Waals surface area contributed by atoms with E-state index in [1.807, 2.05) is 12.1 Å². The fourth-order valence-electron chi connectivity index (χ4n) is 3.05. The van der Waals surface area contributed by atoms with Crippen LogP contribution in [0, 0.1) is 0 Å². The summed E-state index contributed by atoms with van der Waals surface area (Å²) in [5.74, 6) is 0.600. The summed E-state index contributed by atoms with van der Waals surface area (Å²) in [6.07, 6.45) is 7.49. The van der Waals surface area contributed by atoms with Crippen molar-refractivity contribution in [3.05, 3.63) is 41.9 Å². The molecule has 0 bridgehead atoms. The fraction of sp³-hybridized carbons (Fsp3) is 0.312. The molecule has 0 aliphatic carbocycles. The van der Waals surface area contributed by atoms with Crippen molar-refractivity contribution in [1.29, 1.82) is 0 Å². The van der Waals surface area contributed by atoms with E-state index in [2.05, 4.69) is 25.3 Å². The minimum absolute atomic E-state index is 0.201. The molecular weight excluding hydrogens is 326 g/mol. The Kier molecular flexibility index (Phi) is 3.95. The van der Waals surface area contributed by atoms with Crippen LogP contribution in [-0.2, 0) is 0 Å². The minimum atomic E-state index is 0.201. The molecule has 0 saturated carbocycles. The number of imidazole rings is 1. The molecule has 24 heavy (non-hydrogen) atoms. The lowest BCUT2D eigenvalue weighted by molar-refractivity contribution is 0.506. The van der Waals surface area contributed by atoms with E-state index in [1.165, 1.54) is 0 Å². The van der Waals surface area contributed by atoms with Gasteiger partial charge in [-0.3, -0.25) is 4.98 Å². The SMILES string of the molecule is NC1CCCN(c2ccncc2Nc2ncc3ccc(Cl)nn23)C1. The maximum Gasteiger partial charge on any atom is 0.229 e. The molecule has 1 aliphatic heterocycles. The van der Waals surface area contributed by atoms with Crippen molar-refractivity contribution in [2.24, 2.45) is 5.73 Å². The Balaban J connectivity index is 1.68. The van der Waals surface area contributed by atoms with Gasteiger partial charge in [0.2, 0.25) is 5.95 Å². The first-order valence-corrected chi connectivity index (χ1v) is 8.30. The number of halogens is 1. The van der Waals surface area contributed by atoms with Gasteiger partial charge in [0.05, 0.1) is 29.3 Å². The average Bonchev–Trinajstić information content (AvgIpc) is 2.97. The summed E-state index contributed by atoms with van der Waals surface area (Å²) in [6, 6.07) is 5.82. The van der Waals surface area contributed by atoms with E-state index in [-0.39, 0.29) is 6.04 Å². The molecule has 1 saturated heterocycles. The molecule has 0 spiro atoms. The number of fused-ring (bicyclic) bond motifs is 1. The van der Waals surface area contributed by atoms with Crippen LogP contribution < -0.4 is 16.0 Å². The molecule has 0 radical (unpaired) electrons. The maximum absolute atomic E-state index is 6.12. The van der Waals surface area contributed by atoms with E-state index in [0.29, 0.717) is 11.1 Å². The quantitative estimate of drug-likeness (QED) is 0.760. The van der Waals surface area contributed by atoms with Crippen molar-refractivity contribution >= 4 is 34.4 Å². The van der Waals surface area contributed by atoms with Crippen LogP contribution >= 0.6 is 11.6 Å². The first-order chi connectivity index (χ1) is 11.7. The monoisotopic (exact) mass is 343 g/mol. The Labute approximate surface area is 144 Å². The molecule has 124 valence electrons. The Hall–Kier alpha value is -2.38. The zero-order valence-electron chi connectivity index (χ0n) is 13.1. The van der Waals surface area contributed by atoms with Crippen LogP contribution in [0.5, 0.6) is 0 Å². The van der Waals surface area contributed by atoms with Crippen molar-refractivity contribution in [2.75, 3.05) is 23.3 Å². The Morgan fingerprint density at radius 2 is 2.17 bits per heavy atom. The van der Waals surface area contributed by atoms with Gasteiger partial charge in [-0.15, -0.1) is 0 Å². The van der Waals surface area contributed by atoms with Crippen molar-refractivity contribution in [3.63, 3.8) is 0 Å². The van der Waals surface area contributed by atoms with Gasteiger partial charge in [-0.25, -0.2) is 4.98 Å². The second-order valence-electron chi connectivity index (χ2n) is 5.94. The summed E-state index contributed by atoms with van der Waals surface area (Å²) < 4.78 is 1.68. The van der Waals surface area contributed by atoms with Crippen LogP contribution in [0.4, 0.5) is 17.3 Å². The van der Waals surface area contributed by atoms with Gasteiger partial charge in [-0.2, -0.15) is 9.61 Å². The van der Waals surface area contributed by atoms with Crippen molar-refractivity contribution in [1.82, 2.24) is 19.6 Å². The van der Waals surface area contributed by atoms with E-state index < -0.39 is 0 Å². The second kappa shape index (κ2) is 6.26. The zero-order chi connectivity index (χ0) is 16.5. The molecule has 3 N–H and O–H groups in total. The first kappa shape index (κ1) is 15.2. The number of pyridine rings is 1. The van der Waals surface area contributed by atoms with Gasteiger partial charge in [0.15, 0.2) is 0 Å². The predicted octanol–water partition coefficient (Wildman–Crippen LogP) is 2.45. The molecule has 4 rings (SSSR count). The van der Waals surface area contributed by atoms with E-state index in [9.17, 15) is 0 Å². The van der Waals surface area contributed by atoms with Gasteiger partial charge in [-0.05, 0) is 31.0 Å². The van der Waals surface area contributed by atoms with Crippen LogP contribution in [0.25, 0.3) is 5.52 Å². The molecule has 8 heteroatoms. The molecule has 4 heterocycles. The normalized spacial score (nSPS) is 18.1. The van der Waals surface area contributed by atoms with Gasteiger partial charge in [0.25, 0.3) is 0 Å². The van der Waals surface area contributed by atoms with Crippen LogP contribution in [0.3, 0.4) is 0 Å². The summed E-state index contributed by atoms with van der Waals surface area (Å²) in [6.45, 7) is 1.82. The summed E-state index contributed by atoms with van der Waals surface area (Å²) >= 11 is 6.00. The lowest BCUT2D eigenvalue weighted by atomic mass is 10.1. The van der Waals surface area contributed by atoms with Gasteiger partial charge < -0.3 is 16.0 Å². The largest absolute Gasteiger partial charge is 0.368 e. The molecular formula is C16H18ClN7. The summed E-state index contributed by atoms with van der Waals surface area (Å²) in [7, 11) is 0. The average molecular weight is 344 g/mol. The summed E-state index contributed by atoms with van der Waals surface area (Å²) in [5, 5.41) is 8.02. The number of rotatable bonds is 3. The van der Waals surface area contributed by atoms with Crippen molar-refractivity contribution in [2.45, 2.75) is 18.9 Å². The first-order valence-electron chi connectivity index (χ1n) is 7.92. The van der Waals surface area contributed by atoms with Gasteiger partial charge in [0.1, 0.15) is 5.15 Å². The number of piperidine rings is 1. The van der Waals surface area contributed by atoms with Gasteiger partial charge >= 0.3 is 0 Å². The third kappa shape index (κ3) is 2.88. The van der Waals surface area contributed by atoms with Crippen molar-refractivity contribution in [3.8, 4) is 0 Å². The van der Waals surface area contributed by atoms with Crippen molar-refractivity contribution < 1.29 is 0 Å². The molecule has 0 amide bonds. The number of aromatic nitrogens is 4. The van der Waals surface area contributed by atoms with Gasteiger partial charge in [0, 0.05) is 25.3 Å². The zero-order valence-corrected chi connectivity index (χ0v) is 13.8. The Morgan fingerprint density at radius 1 is 1.25 bits per heavy atom. The highest BCUT2D eigenvalue weighted by molar-refractivity contribution is 6.29. The molecule has 1 unspecified atom stereocenters. The number of nitrogens with one attached hydrogen (secondary N) is 1. The number of anilines is 3. The number of nitrogens with zero attached hydrogens (tertiary/aromatic N) is 5. The highest BCUT2D eigenvalue weighted by atomic mass is 35.5. The topological polar surface area (TPSA) is 84.4 Å². The van der Waals surface area contributed by atoms with E-state index in [0.717, 1.165) is 42.8 Å². The van der Waals surface area contributed by atoms with Crippen LogP contribution in [0.2, 0.25) is 5.15 Å². The van der Waals surface area contributed by atoms with Crippen LogP contribution in [0.1, 0.15) is 12.8 Å². The second-order valence-corrected chi connectivity index (χ2v) is 6.33. The Bertz CT molecular complexity index is 863. The highest BCUT2D eigenvalue weighted by Crippen LogP contribution is 2.29. The van der Waals surface area contributed by atoms with Gasteiger partial charge in [-0.1, -0.05) is 11.6 Å². The van der Waals surface area contributed by atoms with E-state index >= 15 is 0 Å². The Morgan fingerprint density at radius 3 is 3.04 bits per heavy atom. The number of nitrogens with two attached hydrogens (primary N) is 1. The third-order valence-corrected chi connectivity index (χ3v) is 4.40. The maximum atomic E-state index is 6.12.